The Morgan fingerprint density at radius 3 is 3.00 bits per heavy atom. The standard InChI is InChI=1S/C14H21N3O2S/c1-19-10-3-2-6-17(8-10)12-7-11(15)13(20-12)14(18)16-9-4-5-9/h7,9-10H,2-6,8,15H2,1H3,(H,16,18). The SMILES string of the molecule is COC1CCCN(c2cc(N)c(C(=O)NC3CC3)s2)C1. The van der Waals surface area contributed by atoms with Crippen LogP contribution in [-0.4, -0.2) is 38.3 Å². The van der Waals surface area contributed by atoms with Crippen molar-refractivity contribution in [3.8, 4) is 0 Å². The summed E-state index contributed by atoms with van der Waals surface area (Å²) >= 11 is 1.49. The summed E-state index contributed by atoms with van der Waals surface area (Å²) in [4.78, 5) is 15.0. The molecule has 3 N–H and O–H groups in total. The van der Waals surface area contributed by atoms with Gasteiger partial charge in [0.2, 0.25) is 0 Å². The molecule has 3 rings (SSSR count). The second-order valence-electron chi connectivity index (χ2n) is 5.56. The molecule has 1 aromatic heterocycles. The summed E-state index contributed by atoms with van der Waals surface area (Å²) in [6.07, 6.45) is 4.66. The minimum absolute atomic E-state index is 0.0263. The number of carbonyl (C=O) groups is 1. The lowest BCUT2D eigenvalue weighted by Gasteiger charge is -2.32. The number of carbonyl (C=O) groups excluding carboxylic acids is 1. The number of rotatable bonds is 4. The lowest BCUT2D eigenvalue weighted by molar-refractivity contribution is 0.0895. The van der Waals surface area contributed by atoms with Crippen LogP contribution < -0.4 is 16.0 Å². The Morgan fingerprint density at radius 1 is 1.50 bits per heavy atom. The predicted octanol–water partition coefficient (Wildman–Crippen LogP) is 1.84. The minimum Gasteiger partial charge on any atom is -0.397 e. The Labute approximate surface area is 123 Å². The van der Waals surface area contributed by atoms with Crippen molar-refractivity contribution >= 4 is 27.9 Å². The van der Waals surface area contributed by atoms with Crippen molar-refractivity contribution in [1.82, 2.24) is 5.32 Å². The van der Waals surface area contributed by atoms with Gasteiger partial charge in [-0.1, -0.05) is 0 Å². The van der Waals surface area contributed by atoms with E-state index in [9.17, 15) is 4.79 Å². The van der Waals surface area contributed by atoms with Crippen LogP contribution >= 0.6 is 11.3 Å². The minimum atomic E-state index is -0.0263. The van der Waals surface area contributed by atoms with Gasteiger partial charge in [0.25, 0.3) is 5.91 Å². The Morgan fingerprint density at radius 2 is 2.30 bits per heavy atom. The summed E-state index contributed by atoms with van der Waals surface area (Å²) in [5.41, 5.74) is 6.59. The van der Waals surface area contributed by atoms with Gasteiger partial charge in [-0.3, -0.25) is 4.79 Å². The molecule has 0 spiro atoms. The highest BCUT2D eigenvalue weighted by atomic mass is 32.1. The molecule has 1 saturated carbocycles. The fraction of sp³-hybridized carbons (Fsp3) is 0.643. The fourth-order valence-electron chi connectivity index (χ4n) is 2.53. The summed E-state index contributed by atoms with van der Waals surface area (Å²) in [5.74, 6) is -0.0263. The van der Waals surface area contributed by atoms with Crippen molar-refractivity contribution in [3.63, 3.8) is 0 Å². The van der Waals surface area contributed by atoms with Crippen LogP contribution in [0.25, 0.3) is 0 Å². The van der Waals surface area contributed by atoms with Crippen LogP contribution in [0.2, 0.25) is 0 Å². The van der Waals surface area contributed by atoms with E-state index in [0.717, 1.165) is 43.8 Å². The van der Waals surface area contributed by atoms with E-state index in [1.807, 2.05) is 6.07 Å². The predicted molar refractivity (Wildman–Crippen MR) is 81.5 cm³/mol. The molecule has 0 radical (unpaired) electrons. The van der Waals surface area contributed by atoms with Gasteiger partial charge in [0.05, 0.1) is 16.8 Å². The summed E-state index contributed by atoms with van der Waals surface area (Å²) in [6.45, 7) is 1.88. The first-order valence-electron chi connectivity index (χ1n) is 7.15. The van der Waals surface area contributed by atoms with Gasteiger partial charge in [0.1, 0.15) is 4.88 Å². The first-order valence-corrected chi connectivity index (χ1v) is 7.97. The van der Waals surface area contributed by atoms with Gasteiger partial charge in [-0.2, -0.15) is 0 Å². The summed E-state index contributed by atoms with van der Waals surface area (Å²) in [5, 5.41) is 4.07. The number of piperidine rings is 1. The molecular weight excluding hydrogens is 274 g/mol. The van der Waals surface area contributed by atoms with Crippen molar-refractivity contribution < 1.29 is 9.53 Å². The number of nitrogen functional groups attached to an aromatic ring is 1. The van der Waals surface area contributed by atoms with Gasteiger partial charge in [0.15, 0.2) is 0 Å². The van der Waals surface area contributed by atoms with E-state index in [0.29, 0.717) is 16.6 Å². The van der Waals surface area contributed by atoms with E-state index in [-0.39, 0.29) is 12.0 Å². The van der Waals surface area contributed by atoms with Crippen molar-refractivity contribution in [1.29, 1.82) is 0 Å². The molecular formula is C14H21N3O2S. The highest BCUT2D eigenvalue weighted by Gasteiger charge is 2.27. The Kier molecular flexibility index (Phi) is 3.85. The third kappa shape index (κ3) is 2.91. The maximum absolute atomic E-state index is 12.1. The molecule has 1 aromatic rings. The van der Waals surface area contributed by atoms with Crippen LogP contribution in [0, 0.1) is 0 Å². The second kappa shape index (κ2) is 5.61. The number of nitrogens with two attached hydrogens (primary N) is 1. The number of anilines is 2. The number of ether oxygens (including phenoxy) is 1. The smallest absolute Gasteiger partial charge is 0.263 e. The molecule has 0 bridgehead atoms. The highest BCUT2D eigenvalue weighted by Crippen LogP contribution is 2.34. The normalized spacial score (nSPS) is 22.9. The molecule has 1 amide bonds. The quantitative estimate of drug-likeness (QED) is 0.889. The number of nitrogens with zero attached hydrogens (tertiary/aromatic N) is 1. The average molecular weight is 295 g/mol. The molecule has 1 atom stereocenters. The van der Waals surface area contributed by atoms with Crippen molar-refractivity contribution in [2.24, 2.45) is 0 Å². The van der Waals surface area contributed by atoms with E-state index < -0.39 is 0 Å². The van der Waals surface area contributed by atoms with Crippen molar-refractivity contribution in [3.05, 3.63) is 10.9 Å². The molecule has 1 aliphatic heterocycles. The molecule has 2 fully saturated rings. The van der Waals surface area contributed by atoms with Gasteiger partial charge in [-0.25, -0.2) is 0 Å². The molecule has 1 unspecified atom stereocenters. The van der Waals surface area contributed by atoms with E-state index in [1.54, 1.807) is 7.11 Å². The van der Waals surface area contributed by atoms with Crippen molar-refractivity contribution in [2.45, 2.75) is 37.8 Å². The lowest BCUT2D eigenvalue weighted by atomic mass is 10.1. The lowest BCUT2D eigenvalue weighted by Crippen LogP contribution is -2.38. The molecule has 2 heterocycles. The van der Waals surface area contributed by atoms with Crippen LogP contribution in [0.1, 0.15) is 35.4 Å². The number of hydrogen-bond donors (Lipinski definition) is 2. The van der Waals surface area contributed by atoms with Crippen LogP contribution in [-0.2, 0) is 4.74 Å². The average Bonchev–Trinajstić information content (AvgIpc) is 3.18. The maximum atomic E-state index is 12.1. The number of thiophene rings is 1. The first-order chi connectivity index (χ1) is 9.67. The van der Waals surface area contributed by atoms with Gasteiger partial charge < -0.3 is 20.7 Å². The largest absolute Gasteiger partial charge is 0.397 e. The zero-order chi connectivity index (χ0) is 14.1. The maximum Gasteiger partial charge on any atom is 0.263 e. The van der Waals surface area contributed by atoms with Gasteiger partial charge in [-0.15, -0.1) is 11.3 Å². The molecule has 6 heteroatoms. The third-order valence-corrected chi connectivity index (χ3v) is 5.10. The Hall–Kier alpha value is -1.27. The third-order valence-electron chi connectivity index (χ3n) is 3.89. The van der Waals surface area contributed by atoms with Crippen LogP contribution in [0.5, 0.6) is 0 Å². The number of amides is 1. The Balaban J connectivity index is 1.72. The van der Waals surface area contributed by atoms with Crippen LogP contribution in [0.15, 0.2) is 6.07 Å². The van der Waals surface area contributed by atoms with Gasteiger partial charge in [0, 0.05) is 26.2 Å². The zero-order valence-electron chi connectivity index (χ0n) is 11.7. The van der Waals surface area contributed by atoms with E-state index in [1.165, 1.54) is 11.3 Å². The van der Waals surface area contributed by atoms with E-state index >= 15 is 0 Å². The molecule has 1 saturated heterocycles. The van der Waals surface area contributed by atoms with Gasteiger partial charge in [-0.05, 0) is 31.7 Å². The summed E-state index contributed by atoms with van der Waals surface area (Å²) < 4.78 is 5.44. The van der Waals surface area contributed by atoms with Crippen molar-refractivity contribution in [2.75, 3.05) is 30.8 Å². The highest BCUT2D eigenvalue weighted by molar-refractivity contribution is 7.18. The number of methoxy groups -OCH3 is 1. The molecule has 0 aromatic carbocycles. The summed E-state index contributed by atoms with van der Waals surface area (Å²) in [6, 6.07) is 2.28. The second-order valence-corrected chi connectivity index (χ2v) is 6.59. The van der Waals surface area contributed by atoms with E-state index in [2.05, 4.69) is 10.2 Å². The number of hydrogen-bond acceptors (Lipinski definition) is 5. The van der Waals surface area contributed by atoms with Gasteiger partial charge >= 0.3 is 0 Å². The molecule has 20 heavy (non-hydrogen) atoms. The van der Waals surface area contributed by atoms with Crippen LogP contribution in [0.3, 0.4) is 0 Å². The monoisotopic (exact) mass is 295 g/mol. The molecule has 1 aliphatic carbocycles. The molecule has 110 valence electrons. The molecule has 5 nitrogen and oxygen atoms in total. The zero-order valence-corrected chi connectivity index (χ0v) is 12.5. The fourth-order valence-corrected chi connectivity index (χ4v) is 3.55. The van der Waals surface area contributed by atoms with Crippen LogP contribution in [0.4, 0.5) is 10.7 Å². The molecule has 2 aliphatic rings. The first kappa shape index (κ1) is 13.7. The van der Waals surface area contributed by atoms with E-state index in [4.69, 9.17) is 10.5 Å². The summed E-state index contributed by atoms with van der Waals surface area (Å²) in [7, 11) is 1.76. The Bertz CT molecular complexity index is 499. The topological polar surface area (TPSA) is 67.6 Å². The number of nitrogens with one attached hydrogen (secondary N) is 1.